The third-order valence-electron chi connectivity index (χ3n) is 3.45. The standard InChI is InChI=1S/C12H17N3/c1-9-3-2-6-15(9)10-4-5-11-12(7-10)14-8-13-11/h4-5,7,9,13-14H,2-3,6,8H2,1H3/t9-/m1/s1. The minimum absolute atomic E-state index is 0.692. The maximum absolute atomic E-state index is 3.34. The van der Waals surface area contributed by atoms with Crippen molar-refractivity contribution in [1.82, 2.24) is 0 Å². The van der Waals surface area contributed by atoms with Crippen LogP contribution in [0.4, 0.5) is 17.1 Å². The van der Waals surface area contributed by atoms with Crippen molar-refractivity contribution in [1.29, 1.82) is 0 Å². The number of fused-ring (bicyclic) bond motifs is 1. The maximum Gasteiger partial charge on any atom is 0.0850 e. The number of anilines is 3. The van der Waals surface area contributed by atoms with Crippen LogP contribution in [0.1, 0.15) is 19.8 Å². The lowest BCUT2D eigenvalue weighted by Crippen LogP contribution is -2.26. The van der Waals surface area contributed by atoms with Crippen LogP contribution in [-0.4, -0.2) is 19.3 Å². The molecule has 2 aliphatic rings. The third kappa shape index (κ3) is 1.42. The molecule has 1 fully saturated rings. The van der Waals surface area contributed by atoms with Gasteiger partial charge < -0.3 is 15.5 Å². The maximum atomic E-state index is 3.34. The van der Waals surface area contributed by atoms with Crippen molar-refractivity contribution in [3.05, 3.63) is 18.2 Å². The highest BCUT2D eigenvalue weighted by Gasteiger charge is 2.21. The second-order valence-electron chi connectivity index (χ2n) is 4.44. The first-order valence-corrected chi connectivity index (χ1v) is 5.73. The lowest BCUT2D eigenvalue weighted by Gasteiger charge is -2.24. The third-order valence-corrected chi connectivity index (χ3v) is 3.45. The van der Waals surface area contributed by atoms with Crippen molar-refractivity contribution in [3.8, 4) is 0 Å². The minimum Gasteiger partial charge on any atom is -0.369 e. The van der Waals surface area contributed by atoms with E-state index < -0.39 is 0 Å². The molecule has 15 heavy (non-hydrogen) atoms. The molecule has 1 atom stereocenters. The highest BCUT2D eigenvalue weighted by Crippen LogP contribution is 2.33. The summed E-state index contributed by atoms with van der Waals surface area (Å²) < 4.78 is 0. The van der Waals surface area contributed by atoms with Crippen molar-refractivity contribution in [2.24, 2.45) is 0 Å². The zero-order valence-corrected chi connectivity index (χ0v) is 9.09. The van der Waals surface area contributed by atoms with Crippen LogP contribution in [0, 0.1) is 0 Å². The zero-order chi connectivity index (χ0) is 10.3. The van der Waals surface area contributed by atoms with E-state index in [1.165, 1.54) is 36.4 Å². The predicted molar refractivity (Wildman–Crippen MR) is 64.6 cm³/mol. The molecule has 2 heterocycles. The van der Waals surface area contributed by atoms with E-state index in [1.54, 1.807) is 0 Å². The fourth-order valence-corrected chi connectivity index (χ4v) is 2.56. The quantitative estimate of drug-likeness (QED) is 0.734. The summed E-state index contributed by atoms with van der Waals surface area (Å²) in [6.07, 6.45) is 2.65. The van der Waals surface area contributed by atoms with Gasteiger partial charge in [0, 0.05) is 18.3 Å². The first-order valence-electron chi connectivity index (χ1n) is 5.73. The Hall–Kier alpha value is -1.38. The molecule has 0 saturated carbocycles. The van der Waals surface area contributed by atoms with Crippen molar-refractivity contribution in [3.63, 3.8) is 0 Å². The molecule has 1 saturated heterocycles. The summed E-state index contributed by atoms with van der Waals surface area (Å²) >= 11 is 0. The summed E-state index contributed by atoms with van der Waals surface area (Å²) in [5.41, 5.74) is 3.83. The Morgan fingerprint density at radius 3 is 2.93 bits per heavy atom. The van der Waals surface area contributed by atoms with Gasteiger partial charge >= 0.3 is 0 Å². The van der Waals surface area contributed by atoms with Gasteiger partial charge in [-0.2, -0.15) is 0 Å². The largest absolute Gasteiger partial charge is 0.369 e. The van der Waals surface area contributed by atoms with Crippen LogP contribution < -0.4 is 15.5 Å². The summed E-state index contributed by atoms with van der Waals surface area (Å²) in [5.74, 6) is 0. The summed E-state index contributed by atoms with van der Waals surface area (Å²) in [7, 11) is 0. The Morgan fingerprint density at radius 1 is 1.27 bits per heavy atom. The van der Waals surface area contributed by atoms with Gasteiger partial charge in [-0.05, 0) is 38.0 Å². The lowest BCUT2D eigenvalue weighted by molar-refractivity contribution is 0.735. The Balaban J connectivity index is 1.92. The highest BCUT2D eigenvalue weighted by atomic mass is 15.2. The fraction of sp³-hybridized carbons (Fsp3) is 0.500. The van der Waals surface area contributed by atoms with Crippen molar-refractivity contribution >= 4 is 17.1 Å². The molecule has 0 aliphatic carbocycles. The summed E-state index contributed by atoms with van der Waals surface area (Å²) in [6, 6.07) is 7.35. The number of hydrogen-bond acceptors (Lipinski definition) is 3. The fourth-order valence-electron chi connectivity index (χ4n) is 2.56. The van der Waals surface area contributed by atoms with E-state index >= 15 is 0 Å². The molecule has 1 aromatic carbocycles. The highest BCUT2D eigenvalue weighted by molar-refractivity contribution is 5.77. The van der Waals surface area contributed by atoms with Gasteiger partial charge in [-0.25, -0.2) is 0 Å². The number of rotatable bonds is 1. The lowest BCUT2D eigenvalue weighted by atomic mass is 10.2. The van der Waals surface area contributed by atoms with E-state index in [0.29, 0.717) is 6.04 Å². The molecule has 0 unspecified atom stereocenters. The van der Waals surface area contributed by atoms with Crippen molar-refractivity contribution < 1.29 is 0 Å². The van der Waals surface area contributed by atoms with Crippen LogP contribution in [0.15, 0.2) is 18.2 Å². The van der Waals surface area contributed by atoms with Crippen LogP contribution in [0.2, 0.25) is 0 Å². The first-order chi connectivity index (χ1) is 7.34. The minimum atomic E-state index is 0.692. The van der Waals surface area contributed by atoms with Gasteiger partial charge in [-0.3, -0.25) is 0 Å². The molecule has 0 bridgehead atoms. The molecule has 0 amide bonds. The molecule has 3 rings (SSSR count). The molecule has 2 N–H and O–H groups in total. The van der Waals surface area contributed by atoms with Crippen molar-refractivity contribution in [2.45, 2.75) is 25.8 Å². The van der Waals surface area contributed by atoms with E-state index in [0.717, 1.165) is 6.67 Å². The molecule has 3 nitrogen and oxygen atoms in total. The molecular formula is C12H17N3. The van der Waals surface area contributed by atoms with Crippen molar-refractivity contribution in [2.75, 3.05) is 28.7 Å². The molecule has 1 aromatic rings. The SMILES string of the molecule is C[C@@H]1CCCN1c1ccc2c(c1)NCN2. The Labute approximate surface area is 90.5 Å². The molecule has 0 aromatic heterocycles. The molecular weight excluding hydrogens is 186 g/mol. The molecule has 0 radical (unpaired) electrons. The van der Waals surface area contributed by atoms with E-state index in [1.807, 2.05) is 0 Å². The summed E-state index contributed by atoms with van der Waals surface area (Å²) in [4.78, 5) is 2.50. The monoisotopic (exact) mass is 203 g/mol. The predicted octanol–water partition coefficient (Wildman–Crippen LogP) is 2.47. The van der Waals surface area contributed by atoms with Crippen LogP contribution >= 0.6 is 0 Å². The van der Waals surface area contributed by atoms with Gasteiger partial charge in [0.2, 0.25) is 0 Å². The smallest absolute Gasteiger partial charge is 0.0850 e. The van der Waals surface area contributed by atoms with Gasteiger partial charge in [0.15, 0.2) is 0 Å². The second-order valence-corrected chi connectivity index (χ2v) is 4.44. The molecule has 2 aliphatic heterocycles. The van der Waals surface area contributed by atoms with Gasteiger partial charge in [0.05, 0.1) is 18.0 Å². The molecule has 3 heteroatoms. The van der Waals surface area contributed by atoms with E-state index in [-0.39, 0.29) is 0 Å². The van der Waals surface area contributed by atoms with Gasteiger partial charge in [-0.15, -0.1) is 0 Å². The number of nitrogens with zero attached hydrogens (tertiary/aromatic N) is 1. The molecule has 80 valence electrons. The average molecular weight is 203 g/mol. The van der Waals surface area contributed by atoms with Crippen LogP contribution in [0.5, 0.6) is 0 Å². The first kappa shape index (κ1) is 8.89. The van der Waals surface area contributed by atoms with E-state index in [4.69, 9.17) is 0 Å². The summed E-state index contributed by atoms with van der Waals surface area (Å²) in [6.45, 7) is 4.37. The van der Waals surface area contributed by atoms with Gasteiger partial charge in [0.25, 0.3) is 0 Å². The Bertz CT molecular complexity index is 375. The average Bonchev–Trinajstić information content (AvgIpc) is 2.84. The van der Waals surface area contributed by atoms with Gasteiger partial charge in [-0.1, -0.05) is 0 Å². The Kier molecular flexibility index (Phi) is 1.97. The van der Waals surface area contributed by atoms with Crippen LogP contribution in [0.3, 0.4) is 0 Å². The van der Waals surface area contributed by atoms with E-state index in [9.17, 15) is 0 Å². The normalized spacial score (nSPS) is 23.5. The van der Waals surface area contributed by atoms with E-state index in [2.05, 4.69) is 40.7 Å². The van der Waals surface area contributed by atoms with Crippen LogP contribution in [0.25, 0.3) is 0 Å². The number of hydrogen-bond donors (Lipinski definition) is 2. The molecule has 0 spiro atoms. The number of nitrogens with one attached hydrogen (secondary N) is 2. The number of benzene rings is 1. The second kappa shape index (κ2) is 3.33. The zero-order valence-electron chi connectivity index (χ0n) is 9.09. The summed E-state index contributed by atoms with van der Waals surface area (Å²) in [5, 5.41) is 6.64. The Morgan fingerprint density at radius 2 is 2.13 bits per heavy atom. The van der Waals surface area contributed by atoms with Crippen LogP contribution in [-0.2, 0) is 0 Å². The topological polar surface area (TPSA) is 27.3 Å². The van der Waals surface area contributed by atoms with Gasteiger partial charge in [0.1, 0.15) is 0 Å².